The fraction of sp³-hybridized carbons (Fsp3) is 0.400. The third-order valence-electron chi connectivity index (χ3n) is 2.02. The smallest absolute Gasteiger partial charge is 0.171 e. The summed E-state index contributed by atoms with van der Waals surface area (Å²) >= 11 is 0. The number of phenols is 1. The number of phenolic OH excluding ortho intramolecular Hbond substituents is 1. The Labute approximate surface area is 82.5 Å². The standard InChI is InChI=1S/C10H14FNO2/c1-12-6-5-7-9(14-2)4-3-8(13)10(7)11/h3-4,12-13H,5-6H2,1-2H3. The molecule has 0 aromatic heterocycles. The number of rotatable bonds is 4. The van der Waals surface area contributed by atoms with Crippen LogP contribution in [-0.4, -0.2) is 25.8 Å². The molecule has 0 aliphatic carbocycles. The van der Waals surface area contributed by atoms with Crippen LogP contribution in [0.15, 0.2) is 12.1 Å². The summed E-state index contributed by atoms with van der Waals surface area (Å²) in [4.78, 5) is 0. The molecule has 4 heteroatoms. The minimum Gasteiger partial charge on any atom is -0.505 e. The molecule has 0 aliphatic heterocycles. The van der Waals surface area contributed by atoms with Crippen LogP contribution >= 0.6 is 0 Å². The Morgan fingerprint density at radius 1 is 1.50 bits per heavy atom. The van der Waals surface area contributed by atoms with Crippen LogP contribution in [0.25, 0.3) is 0 Å². The minimum atomic E-state index is -0.598. The van der Waals surface area contributed by atoms with Gasteiger partial charge < -0.3 is 15.2 Å². The van der Waals surface area contributed by atoms with Crippen molar-refractivity contribution in [3.8, 4) is 11.5 Å². The Balaban J connectivity index is 3.01. The molecule has 14 heavy (non-hydrogen) atoms. The molecule has 0 spiro atoms. The number of aromatic hydroxyl groups is 1. The highest BCUT2D eigenvalue weighted by atomic mass is 19.1. The Hall–Kier alpha value is -1.29. The van der Waals surface area contributed by atoms with Crippen LogP contribution in [0.5, 0.6) is 11.5 Å². The third kappa shape index (κ3) is 2.14. The summed E-state index contributed by atoms with van der Waals surface area (Å²) in [6.45, 7) is 0.636. The molecule has 0 heterocycles. The van der Waals surface area contributed by atoms with E-state index in [2.05, 4.69) is 5.32 Å². The maximum absolute atomic E-state index is 13.4. The molecule has 0 aliphatic rings. The van der Waals surface area contributed by atoms with Crippen LogP contribution in [0.3, 0.4) is 0 Å². The van der Waals surface area contributed by atoms with E-state index < -0.39 is 5.82 Å². The summed E-state index contributed by atoms with van der Waals surface area (Å²) in [7, 11) is 3.27. The zero-order valence-corrected chi connectivity index (χ0v) is 8.30. The summed E-state index contributed by atoms with van der Waals surface area (Å²) in [5.74, 6) is -0.466. The molecule has 1 rings (SSSR count). The zero-order valence-electron chi connectivity index (χ0n) is 8.30. The van der Waals surface area contributed by atoms with Crippen molar-refractivity contribution in [2.45, 2.75) is 6.42 Å². The van der Waals surface area contributed by atoms with Gasteiger partial charge in [0.2, 0.25) is 0 Å². The average Bonchev–Trinajstić information content (AvgIpc) is 2.20. The van der Waals surface area contributed by atoms with Crippen LogP contribution in [0.4, 0.5) is 4.39 Å². The highest BCUT2D eigenvalue weighted by molar-refractivity contribution is 5.41. The van der Waals surface area contributed by atoms with Crippen molar-refractivity contribution in [3.05, 3.63) is 23.5 Å². The first kappa shape index (κ1) is 10.8. The molecule has 0 unspecified atom stereocenters. The van der Waals surface area contributed by atoms with E-state index in [0.29, 0.717) is 24.3 Å². The van der Waals surface area contributed by atoms with Crippen molar-refractivity contribution >= 4 is 0 Å². The summed E-state index contributed by atoms with van der Waals surface area (Å²) in [5, 5.41) is 12.1. The average molecular weight is 199 g/mol. The fourth-order valence-electron chi connectivity index (χ4n) is 1.27. The molecule has 1 aromatic carbocycles. The van der Waals surface area contributed by atoms with E-state index in [9.17, 15) is 4.39 Å². The van der Waals surface area contributed by atoms with Gasteiger partial charge >= 0.3 is 0 Å². The Bertz CT molecular complexity index is 315. The largest absolute Gasteiger partial charge is 0.505 e. The lowest BCUT2D eigenvalue weighted by molar-refractivity contribution is 0.390. The summed E-state index contributed by atoms with van der Waals surface area (Å²) in [6, 6.07) is 2.85. The number of hydrogen-bond donors (Lipinski definition) is 2. The summed E-state index contributed by atoms with van der Waals surface area (Å²) < 4.78 is 18.4. The molecule has 0 amide bonds. The second-order valence-electron chi connectivity index (χ2n) is 2.93. The Morgan fingerprint density at radius 2 is 2.21 bits per heavy atom. The molecule has 1 aromatic rings. The first-order valence-electron chi connectivity index (χ1n) is 4.39. The molecule has 2 N–H and O–H groups in total. The van der Waals surface area contributed by atoms with Crippen LogP contribution in [-0.2, 0) is 6.42 Å². The van der Waals surface area contributed by atoms with E-state index in [0.717, 1.165) is 0 Å². The predicted molar refractivity (Wildman–Crippen MR) is 52.2 cm³/mol. The van der Waals surface area contributed by atoms with Crippen LogP contribution in [0.1, 0.15) is 5.56 Å². The van der Waals surface area contributed by atoms with Crippen molar-refractivity contribution in [3.63, 3.8) is 0 Å². The van der Waals surface area contributed by atoms with Crippen LogP contribution in [0.2, 0.25) is 0 Å². The molecule has 0 saturated carbocycles. The van der Waals surface area contributed by atoms with Crippen molar-refractivity contribution in [1.82, 2.24) is 5.32 Å². The monoisotopic (exact) mass is 199 g/mol. The van der Waals surface area contributed by atoms with Gasteiger partial charge in [0.25, 0.3) is 0 Å². The van der Waals surface area contributed by atoms with Crippen molar-refractivity contribution in [2.75, 3.05) is 20.7 Å². The minimum absolute atomic E-state index is 0.336. The van der Waals surface area contributed by atoms with Gasteiger partial charge in [-0.1, -0.05) is 0 Å². The molecular formula is C10H14FNO2. The first-order valence-corrected chi connectivity index (χ1v) is 4.39. The first-order chi connectivity index (χ1) is 6.70. The molecule has 0 radical (unpaired) electrons. The molecular weight excluding hydrogens is 185 g/mol. The van der Waals surface area contributed by atoms with Crippen molar-refractivity contribution in [2.24, 2.45) is 0 Å². The maximum Gasteiger partial charge on any atom is 0.171 e. The quantitative estimate of drug-likeness (QED) is 0.768. The van der Waals surface area contributed by atoms with Gasteiger partial charge in [-0.3, -0.25) is 0 Å². The maximum atomic E-state index is 13.4. The van der Waals surface area contributed by atoms with E-state index >= 15 is 0 Å². The van der Waals surface area contributed by atoms with Gasteiger partial charge in [0, 0.05) is 5.56 Å². The molecule has 0 saturated heterocycles. The lowest BCUT2D eigenvalue weighted by Gasteiger charge is -2.10. The fourth-order valence-corrected chi connectivity index (χ4v) is 1.27. The van der Waals surface area contributed by atoms with E-state index in [1.807, 2.05) is 0 Å². The second kappa shape index (κ2) is 4.81. The number of hydrogen-bond acceptors (Lipinski definition) is 3. The van der Waals surface area contributed by atoms with Gasteiger partial charge in [-0.2, -0.15) is 0 Å². The number of likely N-dealkylation sites (N-methyl/N-ethyl adjacent to an activating group) is 1. The Kier molecular flexibility index (Phi) is 3.71. The highest BCUT2D eigenvalue weighted by Crippen LogP contribution is 2.28. The highest BCUT2D eigenvalue weighted by Gasteiger charge is 2.12. The van der Waals surface area contributed by atoms with E-state index in [1.54, 1.807) is 13.1 Å². The van der Waals surface area contributed by atoms with Gasteiger partial charge in [-0.15, -0.1) is 0 Å². The second-order valence-corrected chi connectivity index (χ2v) is 2.93. The van der Waals surface area contributed by atoms with E-state index in [4.69, 9.17) is 9.84 Å². The lowest BCUT2D eigenvalue weighted by Crippen LogP contribution is -2.12. The van der Waals surface area contributed by atoms with Gasteiger partial charge in [-0.25, -0.2) is 4.39 Å². The zero-order chi connectivity index (χ0) is 10.6. The Morgan fingerprint density at radius 3 is 2.79 bits per heavy atom. The molecule has 0 fully saturated rings. The molecule has 0 atom stereocenters. The van der Waals surface area contributed by atoms with E-state index in [1.165, 1.54) is 13.2 Å². The van der Waals surface area contributed by atoms with Crippen LogP contribution < -0.4 is 10.1 Å². The predicted octanol–water partition coefficient (Wildman–Crippen LogP) is 1.30. The summed E-state index contributed by atoms with van der Waals surface area (Å²) in [5.41, 5.74) is 0.404. The number of halogens is 1. The van der Waals surface area contributed by atoms with Gasteiger partial charge in [0.1, 0.15) is 5.75 Å². The van der Waals surface area contributed by atoms with Gasteiger partial charge in [0.15, 0.2) is 11.6 Å². The lowest BCUT2D eigenvalue weighted by atomic mass is 10.1. The van der Waals surface area contributed by atoms with Crippen molar-refractivity contribution in [1.29, 1.82) is 0 Å². The molecule has 78 valence electrons. The number of benzene rings is 1. The molecule has 0 bridgehead atoms. The third-order valence-corrected chi connectivity index (χ3v) is 2.02. The van der Waals surface area contributed by atoms with E-state index in [-0.39, 0.29) is 5.75 Å². The SMILES string of the molecule is CNCCc1c(OC)ccc(O)c1F. The molecule has 3 nitrogen and oxygen atoms in total. The summed E-state index contributed by atoms with van der Waals surface area (Å²) in [6.07, 6.45) is 0.486. The van der Waals surface area contributed by atoms with Crippen molar-refractivity contribution < 1.29 is 14.2 Å². The normalized spacial score (nSPS) is 10.2. The topological polar surface area (TPSA) is 41.5 Å². The number of methoxy groups -OCH3 is 1. The van der Waals surface area contributed by atoms with Gasteiger partial charge in [0.05, 0.1) is 7.11 Å². The number of ether oxygens (including phenoxy) is 1. The van der Waals surface area contributed by atoms with Gasteiger partial charge in [-0.05, 0) is 32.1 Å². The number of nitrogens with one attached hydrogen (secondary N) is 1. The van der Waals surface area contributed by atoms with Crippen LogP contribution in [0, 0.1) is 5.82 Å².